The zero-order chi connectivity index (χ0) is 50.0. The van der Waals surface area contributed by atoms with Crippen LogP contribution < -0.4 is 0 Å². The van der Waals surface area contributed by atoms with Gasteiger partial charge in [-0.25, -0.2) is 0 Å². The zero-order valence-electron chi connectivity index (χ0n) is 44.3. The molecule has 0 heterocycles. The first-order valence-electron chi connectivity index (χ1n) is 27.7. The van der Waals surface area contributed by atoms with Crippen LogP contribution in [0.1, 0.15) is 226 Å². The van der Waals surface area contributed by atoms with Gasteiger partial charge in [0.1, 0.15) is 13.2 Å². The van der Waals surface area contributed by atoms with E-state index in [1.165, 1.54) is 51.4 Å². The van der Waals surface area contributed by atoms with Crippen LogP contribution in [0.3, 0.4) is 0 Å². The van der Waals surface area contributed by atoms with Gasteiger partial charge in [-0.1, -0.05) is 225 Å². The monoisotopic (exact) mass is 953 g/mol. The van der Waals surface area contributed by atoms with Crippen molar-refractivity contribution in [3.05, 3.63) is 134 Å². The highest BCUT2D eigenvalue weighted by molar-refractivity contribution is 5.71. The van der Waals surface area contributed by atoms with E-state index in [0.29, 0.717) is 12.8 Å². The highest BCUT2D eigenvalue weighted by Crippen LogP contribution is 2.14. The van der Waals surface area contributed by atoms with Crippen molar-refractivity contribution in [3.8, 4) is 0 Å². The van der Waals surface area contributed by atoms with Gasteiger partial charge in [0.05, 0.1) is 0 Å². The molecule has 0 bridgehead atoms. The maximum atomic E-state index is 12.8. The molecule has 6 heteroatoms. The van der Waals surface area contributed by atoms with Crippen LogP contribution in [0.2, 0.25) is 0 Å². The minimum Gasteiger partial charge on any atom is -0.462 e. The molecule has 69 heavy (non-hydrogen) atoms. The van der Waals surface area contributed by atoms with Crippen molar-refractivity contribution in [2.24, 2.45) is 0 Å². The Morgan fingerprint density at radius 1 is 0.290 bits per heavy atom. The number of unbranched alkanes of at least 4 members (excludes halogenated alkanes) is 15. The van der Waals surface area contributed by atoms with Gasteiger partial charge in [-0.3, -0.25) is 14.4 Å². The van der Waals surface area contributed by atoms with Crippen LogP contribution in [0, 0.1) is 0 Å². The largest absolute Gasteiger partial charge is 0.462 e. The Hall–Kier alpha value is -4.45. The average molecular weight is 953 g/mol. The number of allylic oxidation sites excluding steroid dienone is 22. The molecule has 0 rings (SSSR count). The summed E-state index contributed by atoms with van der Waals surface area (Å²) in [5.41, 5.74) is 0. The van der Waals surface area contributed by atoms with Crippen molar-refractivity contribution < 1.29 is 28.6 Å². The Bertz CT molecular complexity index is 1510. The Balaban J connectivity index is 4.43. The van der Waals surface area contributed by atoms with Gasteiger partial charge in [0.25, 0.3) is 0 Å². The number of carbonyl (C=O) groups excluding carboxylic acids is 3. The molecule has 0 amide bonds. The van der Waals surface area contributed by atoms with Crippen LogP contribution in [0.25, 0.3) is 0 Å². The van der Waals surface area contributed by atoms with Crippen LogP contribution in [-0.4, -0.2) is 37.2 Å². The third-order valence-electron chi connectivity index (χ3n) is 11.1. The lowest BCUT2D eigenvalue weighted by atomic mass is 10.1. The summed E-state index contributed by atoms with van der Waals surface area (Å²) in [6.45, 7) is 6.20. The fraction of sp³-hybridized carbons (Fsp3) is 0.603. The molecule has 0 fully saturated rings. The second-order valence-electron chi connectivity index (χ2n) is 17.7. The summed E-state index contributed by atoms with van der Waals surface area (Å²) in [5.74, 6) is -1.03. The summed E-state index contributed by atoms with van der Waals surface area (Å²) in [6.07, 6.45) is 78.9. The van der Waals surface area contributed by atoms with E-state index in [0.717, 1.165) is 128 Å². The highest BCUT2D eigenvalue weighted by Gasteiger charge is 2.19. The first-order chi connectivity index (χ1) is 34.0. The summed E-state index contributed by atoms with van der Waals surface area (Å²) >= 11 is 0. The Kier molecular flexibility index (Phi) is 52.5. The molecule has 6 nitrogen and oxygen atoms in total. The first kappa shape index (κ1) is 64.5. The van der Waals surface area contributed by atoms with E-state index in [4.69, 9.17) is 14.2 Å². The summed E-state index contributed by atoms with van der Waals surface area (Å²) in [6, 6.07) is 0. The lowest BCUT2D eigenvalue weighted by Gasteiger charge is -2.18. The summed E-state index contributed by atoms with van der Waals surface area (Å²) < 4.78 is 16.7. The molecule has 0 aliphatic heterocycles. The number of rotatable bonds is 48. The number of hydrogen-bond acceptors (Lipinski definition) is 6. The predicted octanol–water partition coefficient (Wildman–Crippen LogP) is 18.6. The summed E-state index contributed by atoms with van der Waals surface area (Å²) in [4.78, 5) is 38.1. The molecule has 0 aliphatic rings. The molecule has 0 aromatic rings. The molecule has 0 aliphatic carbocycles. The van der Waals surface area contributed by atoms with Gasteiger partial charge in [-0.05, 0) is 116 Å². The van der Waals surface area contributed by atoms with Crippen molar-refractivity contribution in [1.82, 2.24) is 0 Å². The molecular formula is C63H100O6. The average Bonchev–Trinajstić information content (AvgIpc) is 3.35. The Morgan fingerprint density at radius 3 is 0.899 bits per heavy atom. The SMILES string of the molecule is CC/C=C\C/C=C\C/C=C\C/C=C\CCCCCCCCCCCCC(=O)OCC(COC(=O)CC/C=C\C/C=C\C/C=C\C/C=C\CC)OC(=O)CCCCCCC/C=C\C/C=C\C/C=C\CC. The van der Waals surface area contributed by atoms with E-state index >= 15 is 0 Å². The van der Waals surface area contributed by atoms with Gasteiger partial charge in [0.15, 0.2) is 6.10 Å². The fourth-order valence-electron chi connectivity index (χ4n) is 7.11. The molecule has 0 spiro atoms. The van der Waals surface area contributed by atoms with E-state index in [1.807, 2.05) is 12.2 Å². The van der Waals surface area contributed by atoms with Crippen LogP contribution in [0.5, 0.6) is 0 Å². The number of carbonyl (C=O) groups is 3. The Labute approximate surface area is 424 Å². The van der Waals surface area contributed by atoms with E-state index in [-0.39, 0.29) is 44.0 Å². The van der Waals surface area contributed by atoms with Gasteiger partial charge in [0.2, 0.25) is 0 Å². The third-order valence-corrected chi connectivity index (χ3v) is 11.1. The summed E-state index contributed by atoms with van der Waals surface area (Å²) in [5, 5.41) is 0. The van der Waals surface area contributed by atoms with E-state index in [2.05, 4.69) is 142 Å². The molecule has 1 unspecified atom stereocenters. The first-order valence-corrected chi connectivity index (χ1v) is 27.7. The van der Waals surface area contributed by atoms with Crippen molar-refractivity contribution in [3.63, 3.8) is 0 Å². The van der Waals surface area contributed by atoms with Gasteiger partial charge in [0, 0.05) is 19.3 Å². The number of ether oxygens (including phenoxy) is 3. The predicted molar refractivity (Wildman–Crippen MR) is 297 cm³/mol. The lowest BCUT2D eigenvalue weighted by molar-refractivity contribution is -0.166. The molecular weight excluding hydrogens is 853 g/mol. The number of hydrogen-bond donors (Lipinski definition) is 0. The van der Waals surface area contributed by atoms with Crippen LogP contribution in [0.4, 0.5) is 0 Å². The van der Waals surface area contributed by atoms with Crippen LogP contribution in [0.15, 0.2) is 134 Å². The second-order valence-corrected chi connectivity index (χ2v) is 17.7. The van der Waals surface area contributed by atoms with E-state index in [9.17, 15) is 14.4 Å². The standard InChI is InChI=1S/C63H100O6/c1-4-7-10-13-16-19-22-25-27-28-29-30-31-32-33-34-36-38-41-44-47-50-53-56-62(65)68-59-60(58-67-61(64)55-52-49-46-43-40-37-24-21-18-15-12-9-6-3)69-63(66)57-54-51-48-45-42-39-35-26-23-20-17-14-11-8-5-2/h7-12,16-21,25-27,29-30,35,37,40,46,49,60H,4-6,13-15,22-24,28,31-34,36,38-39,41-45,47-48,50-59H2,1-3H3/b10-7-,11-8-,12-9-,19-16-,20-17-,21-18-,27-25-,30-29-,35-26-,40-37-,49-46-. The van der Waals surface area contributed by atoms with Crippen molar-refractivity contribution >= 4 is 17.9 Å². The molecule has 0 N–H and O–H groups in total. The molecule has 0 aromatic carbocycles. The maximum absolute atomic E-state index is 12.8. The van der Waals surface area contributed by atoms with Crippen molar-refractivity contribution in [1.29, 1.82) is 0 Å². The highest BCUT2D eigenvalue weighted by atomic mass is 16.6. The van der Waals surface area contributed by atoms with Gasteiger partial charge < -0.3 is 14.2 Å². The van der Waals surface area contributed by atoms with Gasteiger partial charge in [-0.15, -0.1) is 0 Å². The van der Waals surface area contributed by atoms with Crippen molar-refractivity contribution in [2.45, 2.75) is 232 Å². The van der Waals surface area contributed by atoms with Gasteiger partial charge >= 0.3 is 17.9 Å². The van der Waals surface area contributed by atoms with E-state index < -0.39 is 6.10 Å². The van der Waals surface area contributed by atoms with E-state index in [1.54, 1.807) is 0 Å². The third kappa shape index (κ3) is 54.4. The second kappa shape index (κ2) is 56.1. The number of esters is 3. The zero-order valence-corrected chi connectivity index (χ0v) is 44.3. The molecule has 0 saturated heterocycles. The molecule has 0 radical (unpaired) electrons. The van der Waals surface area contributed by atoms with Crippen LogP contribution in [-0.2, 0) is 28.6 Å². The lowest BCUT2D eigenvalue weighted by Crippen LogP contribution is -2.30. The molecule has 1 atom stereocenters. The maximum Gasteiger partial charge on any atom is 0.306 e. The Morgan fingerprint density at radius 2 is 0.551 bits per heavy atom. The topological polar surface area (TPSA) is 78.9 Å². The summed E-state index contributed by atoms with van der Waals surface area (Å²) in [7, 11) is 0. The minimum absolute atomic E-state index is 0.114. The minimum atomic E-state index is -0.822. The molecule has 0 saturated carbocycles. The normalized spacial score (nSPS) is 13.1. The quantitative estimate of drug-likeness (QED) is 0.0262. The van der Waals surface area contributed by atoms with Crippen molar-refractivity contribution in [2.75, 3.05) is 13.2 Å². The molecule has 388 valence electrons. The smallest absolute Gasteiger partial charge is 0.306 e. The van der Waals surface area contributed by atoms with Gasteiger partial charge in [-0.2, -0.15) is 0 Å². The van der Waals surface area contributed by atoms with Crippen LogP contribution >= 0.6 is 0 Å². The fourth-order valence-corrected chi connectivity index (χ4v) is 7.11. The molecule has 0 aromatic heterocycles.